The van der Waals surface area contributed by atoms with Crippen molar-refractivity contribution in [1.82, 2.24) is 9.97 Å². The molecule has 32 valence electrons. The first kappa shape index (κ1) is 4.18. The van der Waals surface area contributed by atoms with Gasteiger partial charge in [0, 0.05) is 0 Å². The number of hydrogen-bond acceptors (Lipinski definition) is 1. The maximum absolute atomic E-state index is 3.95. The third kappa shape index (κ3) is 0.739. The van der Waals surface area contributed by atoms with E-state index in [-0.39, 0.29) is 0 Å². The fourth-order valence-corrected chi connectivity index (χ4v) is 1.25. The topological polar surface area (TPSA) is 28.7 Å². The Morgan fingerprint density at radius 3 is 2.83 bits per heavy atom. The number of nitrogens with zero attached hydrogens (tertiary/aromatic N) is 1. The number of imidazole rings is 1. The Balaban J connectivity index is 3.05. The molecule has 0 amide bonds. The van der Waals surface area contributed by atoms with Crippen LogP contribution in [0.1, 0.15) is 0 Å². The monoisotopic (exact) mass is 190 g/mol. The zero-order valence-electron chi connectivity index (χ0n) is 3.60. The Morgan fingerprint density at radius 2 is 2.67 bits per heavy atom. The molecule has 1 heterocycles. The predicted octanol–water partition coefficient (Wildman–Crippen LogP) is -1.60. The summed E-state index contributed by atoms with van der Waals surface area (Å²) in [5.41, 5.74) is 0. The summed E-state index contributed by atoms with van der Waals surface area (Å²) in [5, 5.41) is 0. The van der Waals surface area contributed by atoms with E-state index in [2.05, 4.69) is 9.97 Å². The predicted molar refractivity (Wildman–Crippen MR) is 28.2 cm³/mol. The van der Waals surface area contributed by atoms with Gasteiger partial charge >= 0.3 is 48.7 Å². The van der Waals surface area contributed by atoms with Gasteiger partial charge in [-0.05, 0) is 0 Å². The third-order valence-corrected chi connectivity index (χ3v) is 2.20. The van der Waals surface area contributed by atoms with Gasteiger partial charge in [0.15, 0.2) is 0 Å². The van der Waals surface area contributed by atoms with Gasteiger partial charge in [0.2, 0.25) is 0 Å². The Bertz CT molecular complexity index is 112. The van der Waals surface area contributed by atoms with E-state index in [9.17, 15) is 0 Å². The van der Waals surface area contributed by atoms with E-state index in [1.165, 1.54) is 3.84 Å². The minimum absolute atomic E-state index is 0.575. The van der Waals surface area contributed by atoms with Crippen LogP contribution in [0.15, 0.2) is 12.4 Å². The molecule has 1 aromatic heterocycles. The van der Waals surface area contributed by atoms with Crippen molar-refractivity contribution in [3.8, 4) is 0 Å². The Kier molecular flexibility index (Phi) is 1.14. The van der Waals surface area contributed by atoms with Gasteiger partial charge in [-0.15, -0.1) is 0 Å². The Labute approximate surface area is 49.1 Å². The molecule has 0 aromatic carbocycles. The second kappa shape index (κ2) is 1.64. The molecule has 0 aliphatic rings. The fourth-order valence-electron chi connectivity index (χ4n) is 0.344. The molecule has 3 heteroatoms. The van der Waals surface area contributed by atoms with E-state index < -0.39 is 0 Å². The number of H-pyrrole nitrogens is 1. The van der Waals surface area contributed by atoms with Gasteiger partial charge in [0.1, 0.15) is 0 Å². The fraction of sp³-hybridized carbons (Fsp3) is 0. The first-order valence-electron chi connectivity index (χ1n) is 1.85. The molecule has 1 N–H and O–H groups in total. The molecular weight excluding hydrogens is 183 g/mol. The van der Waals surface area contributed by atoms with Gasteiger partial charge in [0.25, 0.3) is 0 Å². The van der Waals surface area contributed by atoms with Crippen molar-refractivity contribution in [2.24, 2.45) is 0 Å². The van der Waals surface area contributed by atoms with Gasteiger partial charge in [0.05, 0.1) is 0 Å². The Hall–Kier alpha value is 0.00870. The van der Waals surface area contributed by atoms with Crippen LogP contribution < -0.4 is 3.84 Å². The number of hydrogen-bond donors (Lipinski definition) is 1. The summed E-state index contributed by atoms with van der Waals surface area (Å²) in [4.78, 5) is 6.94. The molecule has 0 aliphatic heterocycles. The van der Waals surface area contributed by atoms with Crippen LogP contribution in [-0.4, -0.2) is 32.5 Å². The molecule has 0 unspecified atom stereocenters. The van der Waals surface area contributed by atoms with Crippen molar-refractivity contribution < 1.29 is 0 Å². The normalized spacial score (nSPS) is 9.33. The second-order valence-electron chi connectivity index (χ2n) is 1.17. The summed E-state index contributed by atoms with van der Waals surface area (Å²) >= 11 is 0.575. The van der Waals surface area contributed by atoms with Crippen LogP contribution in [0.4, 0.5) is 0 Å². The van der Waals surface area contributed by atoms with Crippen LogP contribution in [0, 0.1) is 0 Å². The molecule has 0 saturated heterocycles. The second-order valence-corrected chi connectivity index (χ2v) is 3.88. The van der Waals surface area contributed by atoms with Crippen molar-refractivity contribution in [3.63, 3.8) is 0 Å². The number of nitrogens with one attached hydrogen (secondary N) is 1. The van der Waals surface area contributed by atoms with E-state index >= 15 is 0 Å². The zero-order valence-corrected chi connectivity index (χ0v) is 9.31. The number of aromatic amines is 1. The van der Waals surface area contributed by atoms with Crippen LogP contribution in [0.5, 0.6) is 0 Å². The summed E-state index contributed by atoms with van der Waals surface area (Å²) in [7, 11) is 0. The van der Waals surface area contributed by atoms with Crippen molar-refractivity contribution in [1.29, 1.82) is 0 Å². The quantitative estimate of drug-likeness (QED) is 0.489. The minimum atomic E-state index is 0.575. The molecule has 6 heavy (non-hydrogen) atoms. The molecule has 1 aromatic rings. The summed E-state index contributed by atoms with van der Waals surface area (Å²) in [6, 6.07) is 0. The molecular formula is C3H6N2Sn. The zero-order chi connectivity index (χ0) is 4.41. The van der Waals surface area contributed by atoms with E-state index in [4.69, 9.17) is 0 Å². The summed E-state index contributed by atoms with van der Waals surface area (Å²) < 4.78 is 1.18. The standard InChI is InChI=1S/C3H3N2.Sn.3H/c1-2-5-3-4-1;;;;/h1-2H,(H,4,5);;;;. The molecule has 0 radical (unpaired) electrons. The summed E-state index contributed by atoms with van der Waals surface area (Å²) in [5.74, 6) is 0. The van der Waals surface area contributed by atoms with Crippen LogP contribution in [-0.2, 0) is 0 Å². The van der Waals surface area contributed by atoms with Gasteiger partial charge in [-0.3, -0.25) is 0 Å². The number of rotatable bonds is 0. The van der Waals surface area contributed by atoms with E-state index in [0.29, 0.717) is 22.5 Å². The van der Waals surface area contributed by atoms with Crippen molar-refractivity contribution in [3.05, 3.63) is 12.4 Å². The molecule has 0 bridgehead atoms. The molecule has 2 nitrogen and oxygen atoms in total. The maximum atomic E-state index is 3.95. The van der Waals surface area contributed by atoms with Crippen LogP contribution in [0.2, 0.25) is 0 Å². The summed E-state index contributed by atoms with van der Waals surface area (Å²) in [6.07, 6.45) is 3.64. The van der Waals surface area contributed by atoms with Crippen molar-refractivity contribution in [2.45, 2.75) is 0 Å². The van der Waals surface area contributed by atoms with Crippen LogP contribution in [0.3, 0.4) is 0 Å². The van der Waals surface area contributed by atoms with E-state index in [1.54, 1.807) is 6.20 Å². The molecule has 0 saturated carbocycles. The molecule has 0 spiro atoms. The SMILES string of the molecule is [SnH3][c]1ncc[nH]1. The van der Waals surface area contributed by atoms with E-state index in [0.717, 1.165) is 0 Å². The Morgan fingerprint density at radius 1 is 1.83 bits per heavy atom. The first-order chi connectivity index (χ1) is 2.89. The van der Waals surface area contributed by atoms with Gasteiger partial charge in [-0.1, -0.05) is 0 Å². The van der Waals surface area contributed by atoms with Gasteiger partial charge in [-0.25, -0.2) is 0 Å². The average Bonchev–Trinajstić information content (AvgIpc) is 1.86. The molecule has 0 atom stereocenters. The van der Waals surface area contributed by atoms with Crippen molar-refractivity contribution >= 4 is 26.4 Å². The van der Waals surface area contributed by atoms with Crippen LogP contribution >= 0.6 is 0 Å². The molecule has 0 aliphatic carbocycles. The van der Waals surface area contributed by atoms with Crippen molar-refractivity contribution in [2.75, 3.05) is 0 Å². The number of aromatic nitrogens is 2. The van der Waals surface area contributed by atoms with E-state index in [1.807, 2.05) is 6.20 Å². The summed E-state index contributed by atoms with van der Waals surface area (Å²) in [6.45, 7) is 0. The average molecular weight is 189 g/mol. The first-order valence-corrected chi connectivity index (χ1v) is 4.71. The van der Waals surface area contributed by atoms with Gasteiger partial charge < -0.3 is 0 Å². The van der Waals surface area contributed by atoms with Crippen LogP contribution in [0.25, 0.3) is 0 Å². The third-order valence-electron chi connectivity index (χ3n) is 0.635. The molecule has 0 fully saturated rings. The molecule has 1 rings (SSSR count). The van der Waals surface area contributed by atoms with Gasteiger partial charge in [-0.2, -0.15) is 0 Å².